The monoisotopic (exact) mass is 446 g/mol. The Labute approximate surface area is 177 Å². The molecule has 0 saturated carbocycles. The van der Waals surface area contributed by atoms with Gasteiger partial charge in [-0.2, -0.15) is 0 Å². The van der Waals surface area contributed by atoms with Crippen molar-refractivity contribution in [1.29, 1.82) is 0 Å². The summed E-state index contributed by atoms with van der Waals surface area (Å²) in [5, 5.41) is 0. The van der Waals surface area contributed by atoms with Gasteiger partial charge in [-0.3, -0.25) is 0 Å². The van der Waals surface area contributed by atoms with E-state index in [1.807, 2.05) is 0 Å². The standard InChI is InChI=1S/2CH2O6P2.Fe.2Na/c2*2-8(3)6-1-7-9(4)5;;;/h2*1H2;;;/q;;+2;2*+1. The second-order valence-corrected chi connectivity index (χ2v) is 4.47. The number of rotatable bonds is 8. The van der Waals surface area contributed by atoms with Crippen molar-refractivity contribution < 1.29 is 132 Å². The van der Waals surface area contributed by atoms with Gasteiger partial charge in [-0.05, 0) is 18.3 Å². The molecule has 0 aromatic heterocycles. The van der Waals surface area contributed by atoms with Crippen molar-refractivity contribution in [2.24, 2.45) is 0 Å². The summed E-state index contributed by atoms with van der Waals surface area (Å²) in [6.45, 7) is -1.56. The van der Waals surface area contributed by atoms with Crippen LogP contribution in [0.5, 0.6) is 0 Å². The third-order valence-electron chi connectivity index (χ3n) is 0.632. The van der Waals surface area contributed by atoms with Crippen molar-refractivity contribution in [3.8, 4) is 0 Å². The quantitative estimate of drug-likeness (QED) is 0.194. The summed E-state index contributed by atoms with van der Waals surface area (Å²) in [5.74, 6) is 0. The third-order valence-corrected chi connectivity index (χ3v) is 1.90. The average molecular weight is 446 g/mol. The summed E-state index contributed by atoms with van der Waals surface area (Å²) in [6, 6.07) is 0. The Kier molecular flexibility index (Phi) is 41.2. The van der Waals surface area contributed by atoms with E-state index in [1.54, 1.807) is 0 Å². The van der Waals surface area contributed by atoms with E-state index in [9.17, 15) is 37.8 Å². The summed E-state index contributed by atoms with van der Waals surface area (Å²) < 4.78 is 52.9. The van der Waals surface area contributed by atoms with Crippen molar-refractivity contribution in [3.05, 3.63) is 0 Å². The molecule has 0 fully saturated rings. The van der Waals surface area contributed by atoms with Crippen LogP contribution in [0.1, 0.15) is 0 Å². The first-order valence-corrected chi connectivity index (χ1v) is 7.73. The third kappa shape index (κ3) is 45.0. The fourth-order valence-corrected chi connectivity index (χ4v) is 0.941. The van der Waals surface area contributed by atoms with E-state index in [2.05, 4.69) is 18.1 Å². The molecule has 0 heterocycles. The zero-order valence-electron chi connectivity index (χ0n) is 10.5. The Morgan fingerprint density at radius 3 is 0.810 bits per heavy atom. The van der Waals surface area contributed by atoms with Crippen molar-refractivity contribution in [2.75, 3.05) is 13.6 Å². The number of hydrogen-bond donors (Lipinski definition) is 0. The molecule has 0 aromatic rings. The van der Waals surface area contributed by atoms with E-state index in [4.69, 9.17) is 0 Å². The topological polar surface area (TPSA) is 197 Å². The van der Waals surface area contributed by atoms with Crippen LogP contribution in [0.15, 0.2) is 0 Å². The van der Waals surface area contributed by atoms with Crippen LogP contribution in [-0.4, -0.2) is 13.6 Å². The molecule has 0 radical (unpaired) electrons. The van der Waals surface area contributed by atoms with Crippen LogP contribution in [0.25, 0.3) is 0 Å². The Hall–Kier alpha value is 2.60. The first kappa shape index (κ1) is 34.8. The van der Waals surface area contributed by atoms with Gasteiger partial charge in [0.1, 0.15) is 0 Å². The van der Waals surface area contributed by atoms with Crippen molar-refractivity contribution >= 4 is 33.0 Å². The van der Waals surface area contributed by atoms with Gasteiger partial charge < -0.3 is 19.6 Å². The molecule has 0 aliphatic rings. The van der Waals surface area contributed by atoms with Gasteiger partial charge in [0.2, 0.25) is 0 Å². The molecular formula is C2H4FeNa2O12P4+4. The first-order chi connectivity index (χ1) is 8.25. The average Bonchev–Trinajstić information content (AvgIpc) is 2.15. The van der Waals surface area contributed by atoms with E-state index in [0.29, 0.717) is 0 Å². The van der Waals surface area contributed by atoms with Gasteiger partial charge >= 0.3 is 109 Å². The molecule has 0 aliphatic carbocycles. The molecule has 12 nitrogen and oxygen atoms in total. The Bertz CT molecular complexity index is 258. The maximum Gasteiger partial charge on any atom is 2.00 e. The SMILES string of the molecule is O=[P+]([O-])OCO[P+](=O)[O-].O=[P+]([O-])OCO[P+](=O)[O-].[Fe+2].[Na+].[Na+]. The predicted octanol–water partition coefficient (Wildman–Crippen LogP) is -7.97. The fourth-order valence-electron chi connectivity index (χ4n) is 0.219. The molecule has 0 N–H and O–H groups in total. The molecule has 21 heavy (non-hydrogen) atoms. The van der Waals surface area contributed by atoms with Gasteiger partial charge in [0.25, 0.3) is 13.6 Å². The van der Waals surface area contributed by atoms with E-state index in [-0.39, 0.29) is 76.2 Å². The molecule has 0 aliphatic heterocycles. The molecule has 0 amide bonds. The van der Waals surface area contributed by atoms with Crippen LogP contribution >= 0.6 is 33.0 Å². The normalized spacial score (nSPS) is 11.2. The fraction of sp³-hybridized carbons (Fsp3) is 1.00. The molecule has 19 heteroatoms. The minimum absolute atomic E-state index is 0. The summed E-state index contributed by atoms with van der Waals surface area (Å²) in [5.41, 5.74) is 0. The van der Waals surface area contributed by atoms with Crippen molar-refractivity contribution in [2.45, 2.75) is 0 Å². The summed E-state index contributed by atoms with van der Waals surface area (Å²) >= 11 is 0. The Morgan fingerprint density at radius 2 is 0.714 bits per heavy atom. The van der Waals surface area contributed by atoms with Crippen LogP contribution in [-0.2, 0) is 53.4 Å². The molecule has 110 valence electrons. The van der Waals surface area contributed by atoms with Crippen LogP contribution in [0.4, 0.5) is 0 Å². The molecule has 4 unspecified atom stereocenters. The van der Waals surface area contributed by atoms with Gasteiger partial charge in [-0.15, -0.1) is 18.1 Å². The predicted molar refractivity (Wildman–Crippen MR) is 44.5 cm³/mol. The van der Waals surface area contributed by atoms with Crippen LogP contribution < -0.4 is 78.7 Å². The summed E-state index contributed by atoms with van der Waals surface area (Å²) in [4.78, 5) is 38.1. The Balaban J connectivity index is -0.0000000711. The van der Waals surface area contributed by atoms with Gasteiger partial charge in [0.15, 0.2) is 0 Å². The molecule has 0 aromatic carbocycles. The molecule has 0 spiro atoms. The maximum atomic E-state index is 9.52. The molecule has 0 saturated heterocycles. The van der Waals surface area contributed by atoms with Gasteiger partial charge in [-0.25, -0.2) is 0 Å². The molecule has 4 atom stereocenters. The second-order valence-electron chi connectivity index (χ2n) is 1.65. The minimum atomic E-state index is -3.02. The van der Waals surface area contributed by atoms with Crippen LogP contribution in [0, 0.1) is 0 Å². The van der Waals surface area contributed by atoms with E-state index in [1.165, 1.54) is 0 Å². The van der Waals surface area contributed by atoms with Crippen molar-refractivity contribution in [1.82, 2.24) is 0 Å². The summed E-state index contributed by atoms with van der Waals surface area (Å²) in [7, 11) is -12.1. The van der Waals surface area contributed by atoms with E-state index in [0.717, 1.165) is 0 Å². The maximum absolute atomic E-state index is 9.52. The van der Waals surface area contributed by atoms with Crippen LogP contribution in [0.2, 0.25) is 0 Å². The van der Waals surface area contributed by atoms with Crippen LogP contribution in [0.3, 0.4) is 0 Å². The van der Waals surface area contributed by atoms with E-state index < -0.39 is 46.6 Å². The molecular weight excluding hydrogens is 442 g/mol. The second kappa shape index (κ2) is 24.8. The van der Waals surface area contributed by atoms with Gasteiger partial charge in [0.05, 0.1) is 0 Å². The molecule has 0 rings (SSSR count). The van der Waals surface area contributed by atoms with Gasteiger partial charge in [0, 0.05) is 0 Å². The zero-order chi connectivity index (χ0) is 14.6. The van der Waals surface area contributed by atoms with E-state index >= 15 is 0 Å². The smallest absolute Gasteiger partial charge is 0.566 e. The summed E-state index contributed by atoms with van der Waals surface area (Å²) in [6.07, 6.45) is 0. The van der Waals surface area contributed by atoms with Crippen molar-refractivity contribution in [3.63, 3.8) is 0 Å². The van der Waals surface area contributed by atoms with Gasteiger partial charge in [-0.1, -0.05) is 0 Å². The zero-order valence-corrected chi connectivity index (χ0v) is 19.1. The minimum Gasteiger partial charge on any atom is -0.566 e. The molecule has 0 bridgehead atoms. The largest absolute Gasteiger partial charge is 2.00 e. The number of hydrogen-bond acceptors (Lipinski definition) is 12. The Morgan fingerprint density at radius 1 is 0.571 bits per heavy atom. The first-order valence-electron chi connectivity index (χ1n) is 3.35.